The van der Waals surface area contributed by atoms with Crippen LogP contribution >= 0.6 is 35.6 Å². The first-order chi connectivity index (χ1) is 11.1. The smallest absolute Gasteiger partial charge is 0.306 e. The molecule has 0 N–H and O–H groups in total. The Morgan fingerprint density at radius 2 is 2.08 bits per heavy atom. The van der Waals surface area contributed by atoms with E-state index in [9.17, 15) is 13.2 Å². The molecule has 1 aromatic carbocycles. The lowest BCUT2D eigenvalue weighted by Gasteiger charge is -2.13. The lowest BCUT2D eigenvalue weighted by atomic mass is 10.2. The molecule has 1 aromatic rings. The second-order valence-electron chi connectivity index (χ2n) is 4.79. The molecule has 1 saturated heterocycles. The van der Waals surface area contributed by atoms with Gasteiger partial charge in [0.15, 0.2) is 5.75 Å². The largest absolute Gasteiger partial charge is 0.490 e. The number of likely N-dealkylation sites (N-methyl/N-ethyl adjacent to an activating group) is 1. The van der Waals surface area contributed by atoms with Crippen molar-refractivity contribution < 1.29 is 22.1 Å². The molecule has 0 atom stereocenters. The van der Waals surface area contributed by atoms with Gasteiger partial charge >= 0.3 is 10.1 Å². The molecule has 130 valence electrons. The number of benzene rings is 1. The Morgan fingerprint density at radius 3 is 2.58 bits per heavy atom. The number of hydrogen-bond donors (Lipinski definition) is 0. The molecule has 10 heteroatoms. The molecule has 0 unspecified atom stereocenters. The number of thiocarbonyl (C=S) groups is 1. The van der Waals surface area contributed by atoms with Gasteiger partial charge in [0, 0.05) is 7.05 Å². The Balaban J connectivity index is 2.47. The maximum Gasteiger partial charge on any atom is 0.306 e. The van der Waals surface area contributed by atoms with E-state index in [0.29, 0.717) is 14.8 Å². The molecule has 0 spiro atoms. The monoisotopic (exact) mass is 407 g/mol. The first-order valence-electron chi connectivity index (χ1n) is 6.69. The second-order valence-corrected chi connectivity index (χ2v) is 8.45. The summed E-state index contributed by atoms with van der Waals surface area (Å²) < 4.78 is 33.5. The Labute approximate surface area is 154 Å². The van der Waals surface area contributed by atoms with Crippen LogP contribution in [0.3, 0.4) is 0 Å². The van der Waals surface area contributed by atoms with Gasteiger partial charge in [0.2, 0.25) is 5.75 Å². The molecule has 6 nitrogen and oxygen atoms in total. The van der Waals surface area contributed by atoms with Crippen molar-refractivity contribution in [2.45, 2.75) is 6.92 Å². The predicted octanol–water partition coefficient (Wildman–Crippen LogP) is 2.91. The van der Waals surface area contributed by atoms with Gasteiger partial charge < -0.3 is 8.92 Å². The molecule has 1 aliphatic heterocycles. The van der Waals surface area contributed by atoms with Crippen LogP contribution in [0.1, 0.15) is 12.5 Å². The highest BCUT2D eigenvalue weighted by Crippen LogP contribution is 2.39. The van der Waals surface area contributed by atoms with Crippen LogP contribution in [0.4, 0.5) is 0 Å². The zero-order valence-electron chi connectivity index (χ0n) is 13.0. The predicted molar refractivity (Wildman–Crippen MR) is 99.0 cm³/mol. The standard InChI is InChI=1S/C14H14ClNO5S3/c1-4-20-10-6-8(5-9(15)12(10)21-24(3,18)19)7-11-13(17)16(2)14(22)23-11/h5-7H,4H2,1-3H3/b11-7-. The van der Waals surface area contributed by atoms with Gasteiger partial charge in [-0.2, -0.15) is 8.42 Å². The van der Waals surface area contributed by atoms with E-state index >= 15 is 0 Å². The third-order valence-electron chi connectivity index (χ3n) is 2.85. The maximum absolute atomic E-state index is 12.1. The molecule has 0 aliphatic carbocycles. The van der Waals surface area contributed by atoms with Crippen LogP contribution in [0.25, 0.3) is 6.08 Å². The molecule has 1 fully saturated rings. The van der Waals surface area contributed by atoms with Crippen molar-refractivity contribution in [3.63, 3.8) is 0 Å². The first-order valence-corrected chi connectivity index (χ1v) is 10.1. The van der Waals surface area contributed by atoms with Crippen LogP contribution in [-0.4, -0.2) is 43.5 Å². The van der Waals surface area contributed by atoms with Gasteiger partial charge in [0.1, 0.15) is 4.32 Å². The minimum absolute atomic E-state index is 0.0598. The number of amides is 1. The second kappa shape index (κ2) is 7.30. The number of carbonyl (C=O) groups excluding carboxylic acids is 1. The zero-order chi connectivity index (χ0) is 18.1. The van der Waals surface area contributed by atoms with E-state index in [1.165, 1.54) is 22.7 Å². The van der Waals surface area contributed by atoms with Gasteiger partial charge in [0.05, 0.1) is 22.8 Å². The molecule has 0 aromatic heterocycles. The summed E-state index contributed by atoms with van der Waals surface area (Å²) >= 11 is 12.4. The normalized spacial score (nSPS) is 16.8. The molecule has 1 aliphatic rings. The van der Waals surface area contributed by atoms with E-state index < -0.39 is 10.1 Å². The summed E-state index contributed by atoms with van der Waals surface area (Å²) in [6.45, 7) is 2.03. The fourth-order valence-corrected chi connectivity index (χ4v) is 3.82. The van der Waals surface area contributed by atoms with Gasteiger partial charge in [-0.05, 0) is 30.7 Å². The van der Waals surface area contributed by atoms with E-state index in [1.807, 2.05) is 0 Å². The van der Waals surface area contributed by atoms with Crippen molar-refractivity contribution in [2.24, 2.45) is 0 Å². The van der Waals surface area contributed by atoms with Crippen LogP contribution in [0.2, 0.25) is 5.02 Å². The Hall–Kier alpha value is -1.29. The molecule has 24 heavy (non-hydrogen) atoms. The summed E-state index contributed by atoms with van der Waals surface area (Å²) in [5.41, 5.74) is 0.568. The van der Waals surface area contributed by atoms with E-state index in [2.05, 4.69) is 0 Å². The lowest BCUT2D eigenvalue weighted by Crippen LogP contribution is -2.22. The highest BCUT2D eigenvalue weighted by atomic mass is 35.5. The highest BCUT2D eigenvalue weighted by Gasteiger charge is 2.29. The van der Waals surface area contributed by atoms with Crippen molar-refractivity contribution in [1.82, 2.24) is 4.90 Å². The quantitative estimate of drug-likeness (QED) is 0.422. The van der Waals surface area contributed by atoms with Gasteiger partial charge in [0.25, 0.3) is 5.91 Å². The average molecular weight is 408 g/mol. The van der Waals surface area contributed by atoms with Crippen LogP contribution in [0.5, 0.6) is 11.5 Å². The Morgan fingerprint density at radius 1 is 1.42 bits per heavy atom. The summed E-state index contributed by atoms with van der Waals surface area (Å²) in [6, 6.07) is 3.05. The van der Waals surface area contributed by atoms with Crippen LogP contribution in [-0.2, 0) is 14.9 Å². The van der Waals surface area contributed by atoms with Gasteiger partial charge in [-0.3, -0.25) is 9.69 Å². The summed E-state index contributed by atoms with van der Waals surface area (Å²) in [4.78, 5) is 13.9. The number of ether oxygens (including phenoxy) is 1. The molecular formula is C14H14ClNO5S3. The van der Waals surface area contributed by atoms with Gasteiger partial charge in [-0.15, -0.1) is 0 Å². The van der Waals surface area contributed by atoms with Crippen LogP contribution in [0.15, 0.2) is 17.0 Å². The van der Waals surface area contributed by atoms with Crippen LogP contribution < -0.4 is 8.92 Å². The number of rotatable bonds is 5. The van der Waals surface area contributed by atoms with Crippen molar-refractivity contribution >= 4 is 62.0 Å². The molecule has 1 amide bonds. The maximum atomic E-state index is 12.1. The molecule has 2 rings (SSSR count). The number of carbonyl (C=O) groups is 1. The topological polar surface area (TPSA) is 72.9 Å². The Bertz CT molecular complexity index is 835. The lowest BCUT2D eigenvalue weighted by molar-refractivity contribution is -0.121. The van der Waals surface area contributed by atoms with Crippen LogP contribution in [0, 0.1) is 0 Å². The third-order valence-corrected chi connectivity index (χ3v) is 5.09. The summed E-state index contributed by atoms with van der Waals surface area (Å²) in [5, 5.41) is 0.0598. The summed E-state index contributed by atoms with van der Waals surface area (Å²) in [7, 11) is -2.16. The molecule has 0 saturated carbocycles. The molecule has 0 radical (unpaired) electrons. The fraction of sp³-hybridized carbons (Fsp3) is 0.286. The third kappa shape index (κ3) is 4.41. The minimum atomic E-state index is -3.76. The minimum Gasteiger partial charge on any atom is -0.490 e. The SMILES string of the molecule is CCOc1cc(/C=C2\SC(=S)N(C)C2=O)cc(Cl)c1OS(C)(=O)=O. The van der Waals surface area contributed by atoms with E-state index in [1.54, 1.807) is 26.1 Å². The van der Waals surface area contributed by atoms with Crippen molar-refractivity contribution in [3.05, 3.63) is 27.6 Å². The van der Waals surface area contributed by atoms with Crippen molar-refractivity contribution in [3.8, 4) is 11.5 Å². The first kappa shape index (κ1) is 19.0. The number of thioether (sulfide) groups is 1. The number of hydrogen-bond acceptors (Lipinski definition) is 7. The van der Waals surface area contributed by atoms with Gasteiger partial charge in [-0.1, -0.05) is 35.6 Å². The number of nitrogens with zero attached hydrogens (tertiary/aromatic N) is 1. The fourth-order valence-electron chi connectivity index (χ4n) is 1.86. The molecule has 0 bridgehead atoms. The Kier molecular flexibility index (Phi) is 5.79. The molecular weight excluding hydrogens is 394 g/mol. The summed E-state index contributed by atoms with van der Waals surface area (Å²) in [6.07, 6.45) is 2.53. The van der Waals surface area contributed by atoms with Crippen molar-refractivity contribution in [2.75, 3.05) is 19.9 Å². The average Bonchev–Trinajstić information content (AvgIpc) is 2.69. The highest BCUT2D eigenvalue weighted by molar-refractivity contribution is 8.26. The van der Waals surface area contributed by atoms with E-state index in [0.717, 1.165) is 6.26 Å². The van der Waals surface area contributed by atoms with Gasteiger partial charge in [-0.25, -0.2) is 0 Å². The summed E-state index contributed by atoms with van der Waals surface area (Å²) in [5.74, 6) is -0.120. The zero-order valence-corrected chi connectivity index (χ0v) is 16.2. The molecule has 1 heterocycles. The van der Waals surface area contributed by atoms with E-state index in [4.69, 9.17) is 32.7 Å². The number of halogens is 1. The van der Waals surface area contributed by atoms with Crippen molar-refractivity contribution in [1.29, 1.82) is 0 Å². The van der Waals surface area contributed by atoms with E-state index in [-0.39, 0.29) is 29.0 Å².